The summed E-state index contributed by atoms with van der Waals surface area (Å²) < 4.78 is 0. The molecule has 4 nitrogen and oxygen atoms in total. The van der Waals surface area contributed by atoms with E-state index in [1.165, 1.54) is 5.56 Å². The summed E-state index contributed by atoms with van der Waals surface area (Å²) in [6.45, 7) is 2.60. The van der Waals surface area contributed by atoms with Gasteiger partial charge in [0.1, 0.15) is 0 Å². The van der Waals surface area contributed by atoms with Gasteiger partial charge in [-0.1, -0.05) is 42.0 Å². The van der Waals surface area contributed by atoms with E-state index in [2.05, 4.69) is 5.32 Å². The van der Waals surface area contributed by atoms with Crippen molar-refractivity contribution in [3.05, 3.63) is 70.8 Å². The molecule has 2 rings (SSSR count). The van der Waals surface area contributed by atoms with E-state index in [-0.39, 0.29) is 11.5 Å². The first-order valence-corrected chi connectivity index (χ1v) is 7.69. The van der Waals surface area contributed by atoms with Crippen LogP contribution < -0.4 is 5.32 Å². The molecule has 0 spiro atoms. The minimum absolute atomic E-state index is 0.0349. The first-order chi connectivity index (χ1) is 11.0. The van der Waals surface area contributed by atoms with Crippen LogP contribution in [0.5, 0.6) is 0 Å². The van der Waals surface area contributed by atoms with Crippen molar-refractivity contribution in [2.75, 3.05) is 6.54 Å². The molecule has 2 N–H and O–H groups in total. The molecular weight excluding hydrogens is 290 g/mol. The maximum absolute atomic E-state index is 11.8. The smallest absolute Gasteiger partial charge is 0.335 e. The summed E-state index contributed by atoms with van der Waals surface area (Å²) >= 11 is 0. The van der Waals surface area contributed by atoms with Gasteiger partial charge in [-0.15, -0.1) is 0 Å². The van der Waals surface area contributed by atoms with Gasteiger partial charge in [0, 0.05) is 13.0 Å². The van der Waals surface area contributed by atoms with E-state index in [1.807, 2.05) is 31.2 Å². The van der Waals surface area contributed by atoms with Crippen LogP contribution in [-0.2, 0) is 17.6 Å². The van der Waals surface area contributed by atoms with E-state index in [9.17, 15) is 9.59 Å². The number of rotatable bonds is 7. The summed E-state index contributed by atoms with van der Waals surface area (Å²) in [5.74, 6) is -0.895. The van der Waals surface area contributed by atoms with E-state index < -0.39 is 5.97 Å². The van der Waals surface area contributed by atoms with Crippen LogP contribution in [0.1, 0.15) is 33.5 Å². The molecule has 0 atom stereocenters. The number of carbonyl (C=O) groups is 2. The van der Waals surface area contributed by atoms with Crippen molar-refractivity contribution < 1.29 is 14.7 Å². The number of hydrogen-bond acceptors (Lipinski definition) is 2. The second kappa shape index (κ2) is 8.13. The molecule has 0 saturated heterocycles. The van der Waals surface area contributed by atoms with Gasteiger partial charge < -0.3 is 10.4 Å². The Morgan fingerprint density at radius 3 is 2.09 bits per heavy atom. The Kier molecular flexibility index (Phi) is 5.92. The average Bonchev–Trinajstić information content (AvgIpc) is 2.55. The minimum Gasteiger partial charge on any atom is -0.478 e. The number of benzene rings is 2. The van der Waals surface area contributed by atoms with Crippen molar-refractivity contribution in [3.8, 4) is 0 Å². The topological polar surface area (TPSA) is 66.4 Å². The van der Waals surface area contributed by atoms with Crippen LogP contribution in [0.25, 0.3) is 0 Å². The lowest BCUT2D eigenvalue weighted by molar-refractivity contribution is -0.121. The number of nitrogens with one attached hydrogen (secondary N) is 1. The first-order valence-electron chi connectivity index (χ1n) is 7.69. The van der Waals surface area contributed by atoms with Gasteiger partial charge in [-0.05, 0) is 43.0 Å². The molecule has 0 fully saturated rings. The number of amides is 1. The molecule has 0 unspecified atom stereocenters. The highest BCUT2D eigenvalue weighted by Gasteiger charge is 2.04. The van der Waals surface area contributed by atoms with Gasteiger partial charge in [-0.25, -0.2) is 4.79 Å². The van der Waals surface area contributed by atoms with Crippen molar-refractivity contribution in [3.63, 3.8) is 0 Å². The quantitative estimate of drug-likeness (QED) is 0.826. The van der Waals surface area contributed by atoms with Crippen LogP contribution in [-0.4, -0.2) is 23.5 Å². The Balaban J connectivity index is 1.70. The molecule has 0 aliphatic rings. The van der Waals surface area contributed by atoms with E-state index >= 15 is 0 Å². The zero-order valence-corrected chi connectivity index (χ0v) is 13.2. The van der Waals surface area contributed by atoms with E-state index in [1.54, 1.807) is 24.3 Å². The SMILES string of the molecule is Cc1ccc(CCC(=O)NCCc2ccc(C(=O)O)cc2)cc1. The van der Waals surface area contributed by atoms with E-state index in [0.717, 1.165) is 17.5 Å². The maximum Gasteiger partial charge on any atom is 0.335 e. The molecule has 0 aromatic heterocycles. The van der Waals surface area contributed by atoms with Crippen molar-refractivity contribution in [1.29, 1.82) is 0 Å². The third kappa shape index (κ3) is 5.58. The van der Waals surface area contributed by atoms with Crippen LogP contribution in [0.15, 0.2) is 48.5 Å². The Morgan fingerprint density at radius 1 is 0.913 bits per heavy atom. The fraction of sp³-hybridized carbons (Fsp3) is 0.263. The molecule has 0 aliphatic carbocycles. The zero-order chi connectivity index (χ0) is 16.7. The maximum atomic E-state index is 11.8. The molecular formula is C19H21NO3. The van der Waals surface area contributed by atoms with E-state index in [0.29, 0.717) is 19.4 Å². The lowest BCUT2D eigenvalue weighted by Crippen LogP contribution is -2.25. The van der Waals surface area contributed by atoms with Gasteiger partial charge in [-0.3, -0.25) is 4.79 Å². The van der Waals surface area contributed by atoms with Gasteiger partial charge in [0.15, 0.2) is 0 Å². The van der Waals surface area contributed by atoms with Crippen LogP contribution in [0.4, 0.5) is 0 Å². The Bertz CT molecular complexity index is 660. The van der Waals surface area contributed by atoms with Crippen LogP contribution in [0, 0.1) is 6.92 Å². The fourth-order valence-corrected chi connectivity index (χ4v) is 2.26. The van der Waals surface area contributed by atoms with Crippen LogP contribution >= 0.6 is 0 Å². The standard InChI is InChI=1S/C19H21NO3/c1-14-2-4-15(5-3-14)8-11-18(21)20-13-12-16-6-9-17(10-7-16)19(22)23/h2-7,9-10H,8,11-13H2,1H3,(H,20,21)(H,22,23). The molecule has 0 saturated carbocycles. The molecule has 0 radical (unpaired) electrons. The highest BCUT2D eigenvalue weighted by molar-refractivity contribution is 5.87. The molecule has 23 heavy (non-hydrogen) atoms. The summed E-state index contributed by atoms with van der Waals surface area (Å²) in [6, 6.07) is 14.9. The summed E-state index contributed by atoms with van der Waals surface area (Å²) in [4.78, 5) is 22.6. The zero-order valence-electron chi connectivity index (χ0n) is 13.2. The van der Waals surface area contributed by atoms with Crippen molar-refractivity contribution >= 4 is 11.9 Å². The Hall–Kier alpha value is -2.62. The largest absolute Gasteiger partial charge is 0.478 e. The molecule has 0 bridgehead atoms. The molecule has 4 heteroatoms. The summed E-state index contributed by atoms with van der Waals surface area (Å²) in [5, 5.41) is 11.7. The predicted molar refractivity (Wildman–Crippen MR) is 89.6 cm³/mol. The summed E-state index contributed by atoms with van der Waals surface area (Å²) in [5.41, 5.74) is 3.66. The molecule has 2 aromatic rings. The van der Waals surface area contributed by atoms with Crippen molar-refractivity contribution in [2.45, 2.75) is 26.2 Å². The van der Waals surface area contributed by atoms with Crippen LogP contribution in [0.3, 0.4) is 0 Å². The van der Waals surface area contributed by atoms with Crippen molar-refractivity contribution in [1.82, 2.24) is 5.32 Å². The van der Waals surface area contributed by atoms with Gasteiger partial charge in [-0.2, -0.15) is 0 Å². The normalized spacial score (nSPS) is 10.3. The average molecular weight is 311 g/mol. The third-order valence-electron chi connectivity index (χ3n) is 3.70. The van der Waals surface area contributed by atoms with Crippen molar-refractivity contribution in [2.24, 2.45) is 0 Å². The highest BCUT2D eigenvalue weighted by Crippen LogP contribution is 2.06. The second-order valence-electron chi connectivity index (χ2n) is 5.59. The first kappa shape index (κ1) is 16.7. The molecule has 0 aliphatic heterocycles. The number of aryl methyl sites for hydroxylation is 2. The molecule has 2 aromatic carbocycles. The number of carboxylic acids is 1. The minimum atomic E-state index is -0.930. The lowest BCUT2D eigenvalue weighted by atomic mass is 10.1. The monoisotopic (exact) mass is 311 g/mol. The van der Waals surface area contributed by atoms with Gasteiger partial charge in [0.05, 0.1) is 5.56 Å². The van der Waals surface area contributed by atoms with Gasteiger partial charge >= 0.3 is 5.97 Å². The lowest BCUT2D eigenvalue weighted by Gasteiger charge is -2.06. The van der Waals surface area contributed by atoms with Gasteiger partial charge in [0.2, 0.25) is 5.91 Å². The number of carboxylic acid groups (broad SMARTS) is 1. The van der Waals surface area contributed by atoms with E-state index in [4.69, 9.17) is 5.11 Å². The molecule has 0 heterocycles. The van der Waals surface area contributed by atoms with Crippen LogP contribution in [0.2, 0.25) is 0 Å². The third-order valence-corrected chi connectivity index (χ3v) is 3.70. The Morgan fingerprint density at radius 2 is 1.48 bits per heavy atom. The number of hydrogen-bond donors (Lipinski definition) is 2. The molecule has 1 amide bonds. The molecule has 120 valence electrons. The summed E-state index contributed by atoms with van der Waals surface area (Å²) in [6.07, 6.45) is 1.90. The predicted octanol–water partition coefficient (Wildman–Crippen LogP) is 2.98. The second-order valence-corrected chi connectivity index (χ2v) is 5.59. The summed E-state index contributed by atoms with van der Waals surface area (Å²) in [7, 11) is 0. The Labute approximate surface area is 136 Å². The van der Waals surface area contributed by atoms with Gasteiger partial charge in [0.25, 0.3) is 0 Å². The fourth-order valence-electron chi connectivity index (χ4n) is 2.26. The number of aromatic carboxylic acids is 1. The number of carbonyl (C=O) groups excluding carboxylic acids is 1. The highest BCUT2D eigenvalue weighted by atomic mass is 16.4.